The van der Waals surface area contributed by atoms with Gasteiger partial charge < -0.3 is 23.8 Å². The van der Waals surface area contributed by atoms with E-state index in [0.717, 1.165) is 63.4 Å². The van der Waals surface area contributed by atoms with Crippen LogP contribution in [-0.4, -0.2) is 40.5 Å². The van der Waals surface area contributed by atoms with Gasteiger partial charge in [0.2, 0.25) is 0 Å². The van der Waals surface area contributed by atoms with Gasteiger partial charge in [0, 0.05) is 57.9 Å². The lowest BCUT2D eigenvalue weighted by Gasteiger charge is -2.39. The molecular weight excluding hydrogens is 620 g/mol. The fourth-order valence-electron chi connectivity index (χ4n) is 8.49. The van der Waals surface area contributed by atoms with Gasteiger partial charge in [-0.1, -0.05) is 62.4 Å². The van der Waals surface area contributed by atoms with Crippen molar-refractivity contribution in [3.63, 3.8) is 0 Å². The maximum absolute atomic E-state index is 16.1. The van der Waals surface area contributed by atoms with Gasteiger partial charge in [-0.05, 0) is 71.3 Å². The first kappa shape index (κ1) is 31.4. The monoisotopic (exact) mass is 659 g/mol. The summed E-state index contributed by atoms with van der Waals surface area (Å²) in [7, 11) is 3.20. The van der Waals surface area contributed by atoms with Gasteiger partial charge >= 0.3 is 0 Å². The summed E-state index contributed by atoms with van der Waals surface area (Å²) < 4.78 is 55.8. The number of nitrogens with zero attached hydrogens (tertiary/aromatic N) is 1. The lowest BCUT2D eigenvalue weighted by molar-refractivity contribution is 0.122. The predicted molar refractivity (Wildman–Crippen MR) is 190 cm³/mol. The second kappa shape index (κ2) is 11.9. The molecule has 0 spiro atoms. The predicted octanol–water partition coefficient (Wildman–Crippen LogP) is 9.41. The number of fused-ring (bicyclic) bond motifs is 8. The Morgan fingerprint density at radius 2 is 1.43 bits per heavy atom. The molecule has 1 saturated heterocycles. The topological polar surface area (TPSA) is 40.2 Å². The molecule has 2 heterocycles. The Labute approximate surface area is 285 Å². The van der Waals surface area contributed by atoms with E-state index in [0.29, 0.717) is 54.4 Å². The fraction of sp³-hybridized carbons (Fsp3) is 0.286. The molecule has 0 N–H and O–H groups in total. The van der Waals surface area contributed by atoms with Crippen LogP contribution in [0.4, 0.5) is 14.5 Å². The third-order valence-electron chi connectivity index (χ3n) is 10.9. The van der Waals surface area contributed by atoms with Crippen molar-refractivity contribution in [2.24, 2.45) is 0 Å². The van der Waals surface area contributed by atoms with Crippen LogP contribution in [0, 0.1) is 11.6 Å². The summed E-state index contributed by atoms with van der Waals surface area (Å²) in [6.07, 6.45) is 5.50. The molecule has 49 heavy (non-hydrogen) atoms. The van der Waals surface area contributed by atoms with Crippen molar-refractivity contribution < 1.29 is 27.7 Å². The van der Waals surface area contributed by atoms with Gasteiger partial charge in [-0.2, -0.15) is 0 Å². The molecule has 5 aromatic carbocycles. The SMILES string of the molecule is CCC1(CC)c2c(F)cc(F)cc2-c2c1c1c(c3cc(OC)c(OC)cc23)OC(c2ccccc2)(c2ccc(N3CCOCC3)cc2)C=C1. The summed E-state index contributed by atoms with van der Waals surface area (Å²) in [5.41, 5.74) is 5.14. The molecule has 5 aromatic rings. The third kappa shape index (κ3) is 4.58. The Morgan fingerprint density at radius 1 is 0.776 bits per heavy atom. The Bertz CT molecular complexity index is 2100. The second-order valence-corrected chi connectivity index (χ2v) is 13.0. The highest BCUT2D eigenvalue weighted by molar-refractivity contribution is 6.09. The van der Waals surface area contributed by atoms with Gasteiger partial charge in [-0.15, -0.1) is 0 Å². The van der Waals surface area contributed by atoms with Crippen molar-refractivity contribution in [1.29, 1.82) is 0 Å². The van der Waals surface area contributed by atoms with E-state index in [2.05, 4.69) is 67.3 Å². The fourth-order valence-corrected chi connectivity index (χ4v) is 8.49. The molecule has 8 rings (SSSR count). The number of anilines is 1. The summed E-state index contributed by atoms with van der Waals surface area (Å²) in [6, 6.07) is 25.1. The first-order chi connectivity index (χ1) is 23.9. The molecule has 0 aromatic heterocycles. The number of rotatable bonds is 7. The number of morpholine rings is 1. The van der Waals surface area contributed by atoms with Crippen LogP contribution in [0.5, 0.6) is 17.2 Å². The van der Waals surface area contributed by atoms with Gasteiger partial charge in [0.25, 0.3) is 0 Å². The highest BCUT2D eigenvalue weighted by Crippen LogP contribution is 2.61. The molecule has 1 atom stereocenters. The molecule has 250 valence electrons. The minimum absolute atomic E-state index is 0.528. The minimum atomic E-state index is -0.976. The van der Waals surface area contributed by atoms with Gasteiger partial charge in [-0.25, -0.2) is 8.78 Å². The summed E-state index contributed by atoms with van der Waals surface area (Å²) in [5.74, 6) is 0.596. The molecule has 7 heteroatoms. The molecule has 3 aliphatic rings. The molecule has 2 aliphatic heterocycles. The Kier molecular flexibility index (Phi) is 7.63. The van der Waals surface area contributed by atoms with Crippen molar-refractivity contribution in [3.05, 3.63) is 124 Å². The maximum atomic E-state index is 16.1. The number of halogens is 2. The number of ether oxygens (including phenoxy) is 4. The average molecular weight is 660 g/mol. The number of hydrogen-bond acceptors (Lipinski definition) is 5. The zero-order valence-corrected chi connectivity index (χ0v) is 28.2. The molecule has 1 fully saturated rings. The van der Waals surface area contributed by atoms with E-state index in [1.54, 1.807) is 14.2 Å². The highest BCUT2D eigenvalue weighted by Gasteiger charge is 2.48. The normalized spacial score (nSPS) is 18.9. The smallest absolute Gasteiger partial charge is 0.178 e. The van der Waals surface area contributed by atoms with Crippen LogP contribution in [0.1, 0.15) is 54.5 Å². The molecule has 0 radical (unpaired) electrons. The largest absolute Gasteiger partial charge is 0.493 e. The number of benzene rings is 5. The van der Waals surface area contributed by atoms with E-state index in [1.807, 2.05) is 30.3 Å². The first-order valence-electron chi connectivity index (χ1n) is 17.0. The van der Waals surface area contributed by atoms with Crippen molar-refractivity contribution in [2.75, 3.05) is 45.4 Å². The van der Waals surface area contributed by atoms with E-state index in [4.69, 9.17) is 18.9 Å². The zero-order valence-electron chi connectivity index (χ0n) is 28.2. The quantitative estimate of drug-likeness (QED) is 0.174. The van der Waals surface area contributed by atoms with Crippen LogP contribution in [-0.2, 0) is 15.8 Å². The van der Waals surface area contributed by atoms with Crippen molar-refractivity contribution in [2.45, 2.75) is 37.7 Å². The van der Waals surface area contributed by atoms with E-state index in [-0.39, 0.29) is 0 Å². The van der Waals surface area contributed by atoms with Crippen LogP contribution in [0.25, 0.3) is 28.0 Å². The molecule has 1 unspecified atom stereocenters. The molecular formula is C42H39F2NO4. The van der Waals surface area contributed by atoms with Crippen molar-refractivity contribution >= 4 is 22.5 Å². The zero-order chi connectivity index (χ0) is 33.9. The van der Waals surface area contributed by atoms with Gasteiger partial charge in [-0.3, -0.25) is 0 Å². The second-order valence-electron chi connectivity index (χ2n) is 13.0. The van der Waals surface area contributed by atoms with Crippen molar-refractivity contribution in [1.82, 2.24) is 0 Å². The first-order valence-corrected chi connectivity index (χ1v) is 17.0. The minimum Gasteiger partial charge on any atom is -0.493 e. The van der Waals surface area contributed by atoms with Crippen LogP contribution < -0.4 is 19.1 Å². The lowest BCUT2D eigenvalue weighted by atomic mass is 9.71. The molecule has 1 aliphatic carbocycles. The molecule has 5 nitrogen and oxygen atoms in total. The van der Waals surface area contributed by atoms with E-state index < -0.39 is 22.7 Å². The van der Waals surface area contributed by atoms with Crippen LogP contribution in [0.3, 0.4) is 0 Å². The molecule has 0 bridgehead atoms. The summed E-state index contributed by atoms with van der Waals surface area (Å²) in [6.45, 7) is 7.27. The van der Waals surface area contributed by atoms with Crippen LogP contribution in [0.2, 0.25) is 0 Å². The number of hydrogen-bond donors (Lipinski definition) is 0. The number of methoxy groups -OCH3 is 2. The van der Waals surface area contributed by atoms with Crippen molar-refractivity contribution in [3.8, 4) is 28.4 Å². The van der Waals surface area contributed by atoms with Gasteiger partial charge in [0.05, 0.1) is 27.4 Å². The third-order valence-corrected chi connectivity index (χ3v) is 10.9. The van der Waals surface area contributed by atoms with E-state index >= 15 is 8.78 Å². The Morgan fingerprint density at radius 3 is 2.08 bits per heavy atom. The lowest BCUT2D eigenvalue weighted by Crippen LogP contribution is -2.37. The summed E-state index contributed by atoms with van der Waals surface area (Å²) in [4.78, 5) is 2.33. The molecule has 0 saturated carbocycles. The molecule has 0 amide bonds. The maximum Gasteiger partial charge on any atom is 0.178 e. The Balaban J connectivity index is 1.43. The van der Waals surface area contributed by atoms with E-state index in [1.165, 1.54) is 6.07 Å². The van der Waals surface area contributed by atoms with Crippen LogP contribution in [0.15, 0.2) is 84.9 Å². The Hall–Kier alpha value is -4.88. The van der Waals surface area contributed by atoms with Crippen LogP contribution >= 0.6 is 0 Å². The van der Waals surface area contributed by atoms with Gasteiger partial charge in [0.15, 0.2) is 17.1 Å². The summed E-state index contributed by atoms with van der Waals surface area (Å²) in [5, 5.41) is 1.57. The standard InChI is InChI=1S/C42H39F2NO4/c1-5-41(6-2)38-33(22-28(43)23-34(38)44)37-31-24-35(46-3)36(47-4)25-32(31)40-30(39(37)41)16-17-42(49-40,26-10-8-7-9-11-26)27-12-14-29(15-13-27)45-18-20-48-21-19-45/h7-17,22-25H,5-6,18-21H2,1-4H3. The van der Waals surface area contributed by atoms with Gasteiger partial charge in [0.1, 0.15) is 17.4 Å². The summed E-state index contributed by atoms with van der Waals surface area (Å²) >= 11 is 0. The average Bonchev–Trinajstić information content (AvgIpc) is 3.45. The highest BCUT2D eigenvalue weighted by atomic mass is 19.1. The van der Waals surface area contributed by atoms with E-state index in [9.17, 15) is 0 Å².